The van der Waals surface area contributed by atoms with Gasteiger partial charge < -0.3 is 0 Å². The van der Waals surface area contributed by atoms with Crippen LogP contribution in [0.5, 0.6) is 0 Å². The van der Waals surface area contributed by atoms with Crippen molar-refractivity contribution in [1.29, 1.82) is 0 Å². The molecule has 0 heterocycles. The van der Waals surface area contributed by atoms with Crippen LogP contribution in [-0.4, -0.2) is 0 Å². The van der Waals surface area contributed by atoms with Gasteiger partial charge in [0.2, 0.25) is 0 Å². The lowest BCUT2D eigenvalue weighted by Crippen LogP contribution is -1.83. The molecule has 0 saturated carbocycles. The van der Waals surface area contributed by atoms with Gasteiger partial charge in [-0.1, -0.05) is 6.07 Å². The predicted octanol–water partition coefficient (Wildman–Crippen LogP) is 2.61. The summed E-state index contributed by atoms with van der Waals surface area (Å²) in [6.45, 7) is 3.54. The van der Waals surface area contributed by atoms with Gasteiger partial charge in [0.1, 0.15) is 5.82 Å². The van der Waals surface area contributed by atoms with Crippen LogP contribution >= 0.6 is 22.6 Å². The summed E-state index contributed by atoms with van der Waals surface area (Å²) >= 11 is 2.05. The number of benzene rings is 1. The van der Waals surface area contributed by atoms with Gasteiger partial charge in [-0.05, 0) is 41.6 Å². The molecule has 0 spiro atoms. The van der Waals surface area contributed by atoms with Crippen LogP contribution in [0.1, 0.15) is 5.56 Å². The highest BCUT2D eigenvalue weighted by atomic mass is 127. The molecule has 2 heteroatoms. The molecule has 1 aromatic carbocycles. The van der Waals surface area contributed by atoms with E-state index in [-0.39, 0.29) is 5.82 Å². The summed E-state index contributed by atoms with van der Waals surface area (Å²) in [5, 5.41) is 0. The van der Waals surface area contributed by atoms with Crippen LogP contribution < -0.4 is 0 Å². The average Bonchev–Trinajstić information content (AvgIpc) is 1.83. The second-order valence-electron chi connectivity index (χ2n) is 1.70. The van der Waals surface area contributed by atoms with E-state index in [2.05, 4.69) is 6.92 Å². The van der Waals surface area contributed by atoms with Crippen LogP contribution in [0.25, 0.3) is 0 Å². The first-order chi connectivity index (χ1) is 4.22. The Balaban J connectivity index is 3.25. The van der Waals surface area contributed by atoms with Crippen molar-refractivity contribution >= 4 is 22.6 Å². The molecule has 47 valence electrons. The Morgan fingerprint density at radius 3 is 2.56 bits per heavy atom. The van der Waals surface area contributed by atoms with Crippen molar-refractivity contribution in [3.8, 4) is 0 Å². The molecule has 0 aliphatic carbocycles. The molecule has 0 aliphatic rings. The molecule has 1 aromatic rings. The minimum absolute atomic E-state index is 0.234. The van der Waals surface area contributed by atoms with Crippen LogP contribution in [0.2, 0.25) is 0 Å². The molecule has 0 N–H and O–H groups in total. The molecule has 9 heavy (non-hydrogen) atoms. The maximum Gasteiger partial charge on any atom is 0.127 e. The Labute approximate surface area is 67.2 Å². The van der Waals surface area contributed by atoms with Crippen molar-refractivity contribution in [3.05, 3.63) is 40.1 Å². The summed E-state index contributed by atoms with van der Waals surface area (Å²) in [7, 11) is 0. The third-order valence-electron chi connectivity index (χ3n) is 1.06. The van der Waals surface area contributed by atoms with Crippen molar-refractivity contribution < 1.29 is 4.39 Å². The smallest absolute Gasteiger partial charge is 0.127 e. The molecule has 0 amide bonds. The number of hydrogen-bond acceptors (Lipinski definition) is 0. The lowest BCUT2D eigenvalue weighted by Gasteiger charge is -1.95. The summed E-state index contributed by atoms with van der Waals surface area (Å²) in [5.74, 6) is -0.234. The maximum absolute atomic E-state index is 12.5. The van der Waals surface area contributed by atoms with E-state index in [1.807, 2.05) is 28.7 Å². The van der Waals surface area contributed by atoms with E-state index < -0.39 is 0 Å². The maximum atomic E-state index is 12.5. The van der Waals surface area contributed by atoms with Gasteiger partial charge in [-0.15, -0.1) is 0 Å². The topological polar surface area (TPSA) is 0 Å². The second-order valence-corrected chi connectivity index (χ2v) is 2.86. The molecule has 1 radical (unpaired) electrons. The zero-order valence-electron chi connectivity index (χ0n) is 4.70. The standard InChI is InChI=1S/C7H5FI/c1-5-6(8)3-2-4-7(5)9/h2-4H,1H2. The highest BCUT2D eigenvalue weighted by Gasteiger charge is 1.97. The number of rotatable bonds is 0. The van der Waals surface area contributed by atoms with E-state index in [4.69, 9.17) is 0 Å². The van der Waals surface area contributed by atoms with Crippen LogP contribution in [0.3, 0.4) is 0 Å². The van der Waals surface area contributed by atoms with E-state index >= 15 is 0 Å². The van der Waals surface area contributed by atoms with Gasteiger partial charge in [0, 0.05) is 9.13 Å². The van der Waals surface area contributed by atoms with Crippen molar-refractivity contribution in [1.82, 2.24) is 0 Å². The van der Waals surface area contributed by atoms with E-state index in [9.17, 15) is 4.39 Å². The zero-order chi connectivity index (χ0) is 6.85. The summed E-state index contributed by atoms with van der Waals surface area (Å²) in [4.78, 5) is 0. The van der Waals surface area contributed by atoms with Gasteiger partial charge in [-0.2, -0.15) is 0 Å². The number of halogens is 2. The van der Waals surface area contributed by atoms with Gasteiger partial charge in [0.05, 0.1) is 0 Å². The monoisotopic (exact) mass is 235 g/mol. The molecule has 0 aromatic heterocycles. The number of hydrogen-bond donors (Lipinski definition) is 0. The first-order valence-corrected chi connectivity index (χ1v) is 3.55. The summed E-state index contributed by atoms with van der Waals surface area (Å²) < 4.78 is 13.4. The second kappa shape index (κ2) is 2.64. The zero-order valence-corrected chi connectivity index (χ0v) is 6.85. The van der Waals surface area contributed by atoms with Crippen LogP contribution in [0.15, 0.2) is 18.2 Å². The quantitative estimate of drug-likeness (QED) is 0.606. The fourth-order valence-electron chi connectivity index (χ4n) is 0.532. The molecule has 0 atom stereocenters. The normalized spacial score (nSPS) is 9.67. The lowest BCUT2D eigenvalue weighted by molar-refractivity contribution is 0.621. The Morgan fingerprint density at radius 1 is 1.44 bits per heavy atom. The highest BCUT2D eigenvalue weighted by Crippen LogP contribution is 2.13. The Morgan fingerprint density at radius 2 is 2.11 bits per heavy atom. The van der Waals surface area contributed by atoms with E-state index in [0.717, 1.165) is 3.57 Å². The largest absolute Gasteiger partial charge is 0.207 e. The molecule has 0 unspecified atom stereocenters. The van der Waals surface area contributed by atoms with Crippen LogP contribution in [0, 0.1) is 16.3 Å². The van der Waals surface area contributed by atoms with Crippen LogP contribution in [0.4, 0.5) is 4.39 Å². The first-order valence-electron chi connectivity index (χ1n) is 2.48. The van der Waals surface area contributed by atoms with Gasteiger partial charge in [-0.25, -0.2) is 4.39 Å². The summed E-state index contributed by atoms with van der Waals surface area (Å²) in [5.41, 5.74) is 0.484. The summed E-state index contributed by atoms with van der Waals surface area (Å²) in [6, 6.07) is 4.91. The van der Waals surface area contributed by atoms with E-state index in [0.29, 0.717) is 5.56 Å². The third-order valence-corrected chi connectivity index (χ3v) is 2.07. The Hall–Kier alpha value is -0.120. The molecular formula is C7H5FI. The first kappa shape index (κ1) is 6.99. The Kier molecular flexibility index (Phi) is 2.05. The Bertz CT molecular complexity index is 200. The molecule has 0 saturated heterocycles. The SMILES string of the molecule is [CH2]c1c(F)cccc1I. The fraction of sp³-hybridized carbons (Fsp3) is 0. The van der Waals surface area contributed by atoms with E-state index in [1.165, 1.54) is 6.07 Å². The average molecular weight is 235 g/mol. The van der Waals surface area contributed by atoms with Crippen molar-refractivity contribution in [3.63, 3.8) is 0 Å². The molecule has 0 aliphatic heterocycles. The molecule has 0 bridgehead atoms. The lowest BCUT2D eigenvalue weighted by atomic mass is 10.2. The van der Waals surface area contributed by atoms with Gasteiger partial charge in [0.15, 0.2) is 0 Å². The summed E-state index contributed by atoms with van der Waals surface area (Å²) in [6.07, 6.45) is 0. The van der Waals surface area contributed by atoms with Crippen LogP contribution in [-0.2, 0) is 0 Å². The third kappa shape index (κ3) is 1.41. The van der Waals surface area contributed by atoms with Crippen molar-refractivity contribution in [2.24, 2.45) is 0 Å². The molecular weight excluding hydrogens is 230 g/mol. The minimum Gasteiger partial charge on any atom is -0.207 e. The van der Waals surface area contributed by atoms with Gasteiger partial charge in [0.25, 0.3) is 0 Å². The highest BCUT2D eigenvalue weighted by molar-refractivity contribution is 14.1. The molecule has 1 rings (SSSR count). The fourth-order valence-corrected chi connectivity index (χ4v) is 0.998. The molecule has 0 fully saturated rings. The van der Waals surface area contributed by atoms with Gasteiger partial charge in [-0.3, -0.25) is 0 Å². The van der Waals surface area contributed by atoms with Crippen molar-refractivity contribution in [2.75, 3.05) is 0 Å². The van der Waals surface area contributed by atoms with Gasteiger partial charge >= 0.3 is 0 Å². The van der Waals surface area contributed by atoms with E-state index in [1.54, 1.807) is 6.07 Å². The van der Waals surface area contributed by atoms with Crippen molar-refractivity contribution in [2.45, 2.75) is 0 Å². The predicted molar refractivity (Wildman–Crippen MR) is 43.6 cm³/mol. The molecule has 0 nitrogen and oxygen atoms in total. The minimum atomic E-state index is -0.234.